The van der Waals surface area contributed by atoms with Gasteiger partial charge in [0.15, 0.2) is 0 Å². The van der Waals surface area contributed by atoms with Gasteiger partial charge in [0.05, 0.1) is 5.56 Å². The van der Waals surface area contributed by atoms with Crippen molar-refractivity contribution in [3.63, 3.8) is 0 Å². The van der Waals surface area contributed by atoms with E-state index in [0.717, 1.165) is 57.9 Å². The maximum atomic E-state index is 13.1. The van der Waals surface area contributed by atoms with Crippen LogP contribution >= 0.6 is 11.6 Å². The van der Waals surface area contributed by atoms with Crippen molar-refractivity contribution in [2.24, 2.45) is 0 Å². The van der Waals surface area contributed by atoms with E-state index in [-0.39, 0.29) is 11.1 Å². The largest absolute Gasteiger partial charge is 0.416 e. The first-order chi connectivity index (χ1) is 10.9. The number of unbranched alkanes of at least 4 members (excludes halogenated alkanes) is 2. The number of alkyl halides is 3. The molecule has 1 N–H and O–H groups in total. The molecule has 23 heavy (non-hydrogen) atoms. The Labute approximate surface area is 141 Å². The molecule has 1 aliphatic heterocycles. The van der Waals surface area contributed by atoms with Crippen LogP contribution in [0.3, 0.4) is 0 Å². The zero-order valence-electron chi connectivity index (χ0n) is 13.4. The van der Waals surface area contributed by atoms with Crippen molar-refractivity contribution in [1.29, 1.82) is 0 Å². The Balaban J connectivity index is 2.27. The van der Waals surface area contributed by atoms with Crippen LogP contribution in [-0.4, -0.2) is 31.1 Å². The normalized spacial score (nSPS) is 18.1. The van der Waals surface area contributed by atoms with Gasteiger partial charge in [-0.3, -0.25) is 4.90 Å². The average Bonchev–Trinajstić information content (AvgIpc) is 2.51. The molecule has 1 saturated heterocycles. The van der Waals surface area contributed by atoms with Crippen molar-refractivity contribution in [1.82, 2.24) is 10.2 Å². The van der Waals surface area contributed by atoms with Crippen LogP contribution in [0.5, 0.6) is 0 Å². The van der Waals surface area contributed by atoms with Gasteiger partial charge in [-0.15, -0.1) is 0 Å². The molecule has 0 aromatic heterocycles. The molecule has 1 aromatic rings. The molecule has 1 atom stereocenters. The third-order valence-electron chi connectivity index (χ3n) is 4.31. The van der Waals surface area contributed by atoms with Crippen LogP contribution in [-0.2, 0) is 6.18 Å². The summed E-state index contributed by atoms with van der Waals surface area (Å²) in [6, 6.07) is 3.97. The summed E-state index contributed by atoms with van der Waals surface area (Å²) in [6.45, 7) is 5.57. The van der Waals surface area contributed by atoms with Crippen LogP contribution in [0.4, 0.5) is 13.2 Å². The van der Waals surface area contributed by atoms with E-state index in [1.54, 1.807) is 6.07 Å². The maximum absolute atomic E-state index is 13.1. The lowest BCUT2D eigenvalue weighted by atomic mass is 9.96. The van der Waals surface area contributed by atoms with Crippen molar-refractivity contribution in [2.75, 3.05) is 26.2 Å². The van der Waals surface area contributed by atoms with E-state index in [1.807, 2.05) is 0 Å². The summed E-state index contributed by atoms with van der Waals surface area (Å²) in [6.07, 6.45) is -0.297. The molecular weight excluding hydrogens is 325 g/mol. The number of rotatable bonds is 6. The molecular formula is C17H24ClF3N2. The van der Waals surface area contributed by atoms with Gasteiger partial charge in [-0.1, -0.05) is 37.8 Å². The minimum atomic E-state index is -4.36. The number of halogens is 4. The zero-order valence-corrected chi connectivity index (χ0v) is 14.2. The molecule has 0 spiro atoms. The number of nitrogens with one attached hydrogen (secondary N) is 1. The van der Waals surface area contributed by atoms with E-state index in [2.05, 4.69) is 17.1 Å². The molecule has 0 aliphatic carbocycles. The monoisotopic (exact) mass is 348 g/mol. The highest BCUT2D eigenvalue weighted by molar-refractivity contribution is 6.30. The summed E-state index contributed by atoms with van der Waals surface area (Å²) in [5.41, 5.74) is 0.0263. The highest BCUT2D eigenvalue weighted by atomic mass is 35.5. The summed E-state index contributed by atoms with van der Waals surface area (Å²) in [7, 11) is 0. The van der Waals surface area contributed by atoms with Gasteiger partial charge in [-0.2, -0.15) is 13.2 Å². The summed E-state index contributed by atoms with van der Waals surface area (Å²) >= 11 is 5.97. The molecule has 0 unspecified atom stereocenters. The van der Waals surface area contributed by atoms with Gasteiger partial charge < -0.3 is 5.32 Å². The fourth-order valence-corrected chi connectivity index (χ4v) is 3.35. The lowest BCUT2D eigenvalue weighted by Crippen LogP contribution is -2.45. The Bertz CT molecular complexity index is 499. The van der Waals surface area contributed by atoms with Gasteiger partial charge in [-0.25, -0.2) is 0 Å². The molecule has 0 radical (unpaired) electrons. The molecule has 2 rings (SSSR count). The van der Waals surface area contributed by atoms with Gasteiger partial charge in [-0.05, 0) is 30.2 Å². The summed E-state index contributed by atoms with van der Waals surface area (Å²) < 4.78 is 39.2. The molecule has 0 bridgehead atoms. The first kappa shape index (κ1) is 18.6. The summed E-state index contributed by atoms with van der Waals surface area (Å²) in [5, 5.41) is 3.45. The van der Waals surface area contributed by atoms with Gasteiger partial charge in [0, 0.05) is 37.2 Å². The van der Waals surface area contributed by atoms with E-state index in [9.17, 15) is 13.2 Å². The Hall–Kier alpha value is -0.780. The molecule has 0 saturated carbocycles. The van der Waals surface area contributed by atoms with Gasteiger partial charge in [0.1, 0.15) is 0 Å². The van der Waals surface area contributed by atoms with Crippen LogP contribution in [0.15, 0.2) is 18.2 Å². The second-order valence-electron chi connectivity index (χ2n) is 6.07. The van der Waals surface area contributed by atoms with Crippen LogP contribution in [0, 0.1) is 0 Å². The molecule has 1 aromatic carbocycles. The van der Waals surface area contributed by atoms with E-state index >= 15 is 0 Å². The quantitative estimate of drug-likeness (QED) is 0.737. The number of hydrogen-bond donors (Lipinski definition) is 1. The van der Waals surface area contributed by atoms with Crippen molar-refractivity contribution in [3.8, 4) is 0 Å². The molecule has 130 valence electrons. The third kappa shape index (κ3) is 5.37. The lowest BCUT2D eigenvalue weighted by molar-refractivity contribution is -0.137. The molecule has 6 heteroatoms. The van der Waals surface area contributed by atoms with Crippen LogP contribution in [0.25, 0.3) is 0 Å². The first-order valence-electron chi connectivity index (χ1n) is 8.24. The number of hydrogen-bond acceptors (Lipinski definition) is 2. The Morgan fingerprint density at radius 1 is 1.17 bits per heavy atom. The van der Waals surface area contributed by atoms with E-state index in [4.69, 9.17) is 11.6 Å². The predicted octanol–water partition coefficient (Wildman–Crippen LogP) is 4.89. The predicted molar refractivity (Wildman–Crippen MR) is 87.8 cm³/mol. The van der Waals surface area contributed by atoms with E-state index in [1.165, 1.54) is 6.07 Å². The standard InChI is InChI=1S/C17H24ClF3N2/c1-2-3-4-5-16(23-8-6-22-7-9-23)13-10-14(17(19,20)21)12-15(18)11-13/h10-12,16,22H,2-9H2,1H3/t16-/m1/s1. The minimum Gasteiger partial charge on any atom is -0.314 e. The highest BCUT2D eigenvalue weighted by Crippen LogP contribution is 2.36. The maximum Gasteiger partial charge on any atom is 0.416 e. The van der Waals surface area contributed by atoms with Gasteiger partial charge >= 0.3 is 6.18 Å². The number of piperazine rings is 1. The van der Waals surface area contributed by atoms with E-state index < -0.39 is 11.7 Å². The third-order valence-corrected chi connectivity index (χ3v) is 4.52. The Morgan fingerprint density at radius 3 is 2.48 bits per heavy atom. The Kier molecular flexibility index (Phi) is 6.74. The second-order valence-corrected chi connectivity index (χ2v) is 6.50. The summed E-state index contributed by atoms with van der Waals surface area (Å²) in [5.74, 6) is 0. The molecule has 1 fully saturated rings. The van der Waals surface area contributed by atoms with Crippen LogP contribution in [0.1, 0.15) is 49.8 Å². The fraction of sp³-hybridized carbons (Fsp3) is 0.647. The van der Waals surface area contributed by atoms with Crippen molar-refractivity contribution in [3.05, 3.63) is 34.3 Å². The first-order valence-corrected chi connectivity index (χ1v) is 8.62. The van der Waals surface area contributed by atoms with Crippen molar-refractivity contribution < 1.29 is 13.2 Å². The molecule has 2 nitrogen and oxygen atoms in total. The SMILES string of the molecule is CCCCC[C@H](c1cc(Cl)cc(C(F)(F)F)c1)N1CCNCC1. The summed E-state index contributed by atoms with van der Waals surface area (Å²) in [4.78, 5) is 2.28. The fourth-order valence-electron chi connectivity index (χ4n) is 3.11. The molecule has 1 heterocycles. The van der Waals surface area contributed by atoms with Crippen molar-refractivity contribution in [2.45, 2.75) is 44.8 Å². The minimum absolute atomic E-state index is 0.00319. The van der Waals surface area contributed by atoms with E-state index in [0.29, 0.717) is 5.56 Å². The van der Waals surface area contributed by atoms with Gasteiger partial charge in [0.25, 0.3) is 0 Å². The average molecular weight is 349 g/mol. The zero-order chi connectivity index (χ0) is 16.9. The van der Waals surface area contributed by atoms with Gasteiger partial charge in [0.2, 0.25) is 0 Å². The van der Waals surface area contributed by atoms with Crippen molar-refractivity contribution >= 4 is 11.6 Å². The smallest absolute Gasteiger partial charge is 0.314 e. The molecule has 1 aliphatic rings. The topological polar surface area (TPSA) is 15.3 Å². The molecule has 0 amide bonds. The lowest BCUT2D eigenvalue weighted by Gasteiger charge is -2.35. The Morgan fingerprint density at radius 2 is 1.87 bits per heavy atom. The highest BCUT2D eigenvalue weighted by Gasteiger charge is 2.32. The van der Waals surface area contributed by atoms with Crippen LogP contribution < -0.4 is 5.32 Å². The number of benzene rings is 1. The second kappa shape index (κ2) is 8.36. The van der Waals surface area contributed by atoms with Crippen LogP contribution in [0.2, 0.25) is 5.02 Å². The number of nitrogens with zero attached hydrogens (tertiary/aromatic N) is 1.